The number of benzene rings is 2. The normalized spacial score (nSPS) is 15.7. The van der Waals surface area contributed by atoms with Crippen molar-refractivity contribution in [2.45, 2.75) is 45.6 Å². The van der Waals surface area contributed by atoms with Crippen LogP contribution in [0.2, 0.25) is 0 Å². The van der Waals surface area contributed by atoms with Gasteiger partial charge in [-0.25, -0.2) is 0 Å². The molecule has 1 heterocycles. The minimum absolute atomic E-state index is 0.00220. The summed E-state index contributed by atoms with van der Waals surface area (Å²) in [5.74, 6) is -0.00220. The molecule has 0 aromatic heterocycles. The van der Waals surface area contributed by atoms with Crippen LogP contribution in [0, 0.1) is 6.92 Å². The summed E-state index contributed by atoms with van der Waals surface area (Å²) in [5.41, 5.74) is 4.35. The maximum atomic E-state index is 12.6. The van der Waals surface area contributed by atoms with Gasteiger partial charge in [-0.15, -0.1) is 0 Å². The maximum absolute atomic E-state index is 12.6. The Labute approximate surface area is 151 Å². The summed E-state index contributed by atoms with van der Waals surface area (Å²) in [6, 6.07) is 16.5. The molecule has 1 amide bonds. The summed E-state index contributed by atoms with van der Waals surface area (Å²) in [5, 5.41) is 3.17. The molecule has 3 heteroatoms. The average Bonchev–Trinajstić information content (AvgIpc) is 2.67. The number of carbonyl (C=O) groups excluding carboxylic acids is 1. The predicted molar refractivity (Wildman–Crippen MR) is 104 cm³/mol. The summed E-state index contributed by atoms with van der Waals surface area (Å²) < 4.78 is 0. The third-order valence-electron chi connectivity index (χ3n) is 5.04. The SMILES string of the molecule is CC[C@@H](NC(=O)c1ccc(N2CCCCC2)cc1)c1ccc(C)cc1. The van der Waals surface area contributed by atoms with Gasteiger partial charge in [0.1, 0.15) is 0 Å². The van der Waals surface area contributed by atoms with E-state index in [1.807, 2.05) is 12.1 Å². The van der Waals surface area contributed by atoms with Crippen molar-refractivity contribution in [2.75, 3.05) is 18.0 Å². The minimum atomic E-state index is -0.00220. The van der Waals surface area contributed by atoms with E-state index in [9.17, 15) is 4.79 Å². The molecule has 1 N–H and O–H groups in total. The third-order valence-corrected chi connectivity index (χ3v) is 5.04. The lowest BCUT2D eigenvalue weighted by Gasteiger charge is -2.28. The van der Waals surface area contributed by atoms with Gasteiger partial charge in [-0.3, -0.25) is 4.79 Å². The Balaban J connectivity index is 1.66. The Morgan fingerprint density at radius 3 is 2.24 bits per heavy atom. The van der Waals surface area contributed by atoms with Crippen molar-refractivity contribution in [2.24, 2.45) is 0 Å². The van der Waals surface area contributed by atoms with Crippen molar-refractivity contribution in [1.29, 1.82) is 0 Å². The summed E-state index contributed by atoms with van der Waals surface area (Å²) in [4.78, 5) is 15.0. The lowest BCUT2D eigenvalue weighted by atomic mass is 10.0. The van der Waals surface area contributed by atoms with Crippen molar-refractivity contribution in [3.63, 3.8) is 0 Å². The van der Waals surface area contributed by atoms with E-state index >= 15 is 0 Å². The van der Waals surface area contributed by atoms with Crippen LogP contribution < -0.4 is 10.2 Å². The first-order valence-electron chi connectivity index (χ1n) is 9.40. The van der Waals surface area contributed by atoms with E-state index in [1.54, 1.807) is 0 Å². The van der Waals surface area contributed by atoms with Gasteiger partial charge in [0, 0.05) is 24.3 Å². The fourth-order valence-electron chi connectivity index (χ4n) is 3.44. The van der Waals surface area contributed by atoms with E-state index in [-0.39, 0.29) is 11.9 Å². The van der Waals surface area contributed by atoms with Crippen LogP contribution in [0.4, 0.5) is 5.69 Å². The highest BCUT2D eigenvalue weighted by Gasteiger charge is 2.15. The molecule has 3 nitrogen and oxygen atoms in total. The molecule has 0 aliphatic carbocycles. The summed E-state index contributed by atoms with van der Waals surface area (Å²) in [6.07, 6.45) is 4.73. The van der Waals surface area contributed by atoms with E-state index in [4.69, 9.17) is 0 Å². The average molecular weight is 336 g/mol. The van der Waals surface area contributed by atoms with Crippen molar-refractivity contribution < 1.29 is 4.79 Å². The number of carbonyl (C=O) groups is 1. The largest absolute Gasteiger partial charge is 0.372 e. The molecule has 1 atom stereocenters. The standard InChI is InChI=1S/C22H28N2O/c1-3-21(18-9-7-17(2)8-10-18)23-22(25)19-11-13-20(14-12-19)24-15-5-4-6-16-24/h7-14,21H,3-6,15-16H2,1-2H3,(H,23,25)/t21-/m1/s1. The number of amides is 1. The summed E-state index contributed by atoms with van der Waals surface area (Å²) in [6.45, 7) is 6.42. The topological polar surface area (TPSA) is 32.3 Å². The van der Waals surface area contributed by atoms with E-state index in [2.05, 4.69) is 60.5 Å². The van der Waals surface area contributed by atoms with Crippen molar-refractivity contribution in [3.05, 3.63) is 65.2 Å². The molecule has 132 valence electrons. The summed E-state index contributed by atoms with van der Waals surface area (Å²) in [7, 11) is 0. The number of rotatable bonds is 5. The fourth-order valence-corrected chi connectivity index (χ4v) is 3.44. The smallest absolute Gasteiger partial charge is 0.251 e. The van der Waals surface area contributed by atoms with E-state index in [0.717, 1.165) is 30.6 Å². The Hall–Kier alpha value is -2.29. The van der Waals surface area contributed by atoms with Gasteiger partial charge in [0.05, 0.1) is 6.04 Å². The van der Waals surface area contributed by atoms with Gasteiger partial charge in [-0.2, -0.15) is 0 Å². The molecule has 2 aromatic rings. The van der Waals surface area contributed by atoms with Crippen molar-refractivity contribution in [3.8, 4) is 0 Å². The number of aryl methyl sites for hydroxylation is 1. The zero-order valence-electron chi connectivity index (χ0n) is 15.3. The van der Waals surface area contributed by atoms with Crippen LogP contribution >= 0.6 is 0 Å². The Morgan fingerprint density at radius 1 is 1.00 bits per heavy atom. The zero-order valence-corrected chi connectivity index (χ0v) is 15.3. The molecule has 25 heavy (non-hydrogen) atoms. The number of hydrogen-bond acceptors (Lipinski definition) is 2. The first-order chi connectivity index (χ1) is 12.2. The highest BCUT2D eigenvalue weighted by atomic mass is 16.1. The molecular formula is C22H28N2O. The maximum Gasteiger partial charge on any atom is 0.251 e. The lowest BCUT2D eigenvalue weighted by molar-refractivity contribution is 0.0935. The van der Waals surface area contributed by atoms with Gasteiger partial charge in [-0.05, 0) is 62.4 Å². The second-order valence-corrected chi connectivity index (χ2v) is 6.94. The number of anilines is 1. The van der Waals surface area contributed by atoms with Crippen LogP contribution in [0.3, 0.4) is 0 Å². The van der Waals surface area contributed by atoms with Crippen LogP contribution in [-0.2, 0) is 0 Å². The van der Waals surface area contributed by atoms with E-state index in [0.29, 0.717) is 0 Å². The van der Waals surface area contributed by atoms with Gasteiger partial charge < -0.3 is 10.2 Å². The van der Waals surface area contributed by atoms with Gasteiger partial charge >= 0.3 is 0 Å². The molecule has 0 radical (unpaired) electrons. The monoisotopic (exact) mass is 336 g/mol. The molecule has 1 aliphatic rings. The molecule has 0 unspecified atom stereocenters. The van der Waals surface area contributed by atoms with Gasteiger partial charge in [0.15, 0.2) is 0 Å². The van der Waals surface area contributed by atoms with Gasteiger partial charge in [0.2, 0.25) is 0 Å². The zero-order chi connectivity index (χ0) is 17.6. The Bertz CT molecular complexity index is 685. The second-order valence-electron chi connectivity index (χ2n) is 6.94. The molecule has 1 aliphatic heterocycles. The first kappa shape index (κ1) is 17.5. The molecule has 0 bridgehead atoms. The van der Waals surface area contributed by atoms with Crippen molar-refractivity contribution in [1.82, 2.24) is 5.32 Å². The van der Waals surface area contributed by atoms with Gasteiger partial charge in [0.25, 0.3) is 5.91 Å². The van der Waals surface area contributed by atoms with E-state index < -0.39 is 0 Å². The number of nitrogens with one attached hydrogen (secondary N) is 1. The third kappa shape index (κ3) is 4.41. The van der Waals surface area contributed by atoms with Gasteiger partial charge in [-0.1, -0.05) is 36.8 Å². The number of hydrogen-bond donors (Lipinski definition) is 1. The fraction of sp³-hybridized carbons (Fsp3) is 0.409. The predicted octanol–water partition coefficient (Wildman–Crippen LogP) is 4.87. The first-order valence-corrected chi connectivity index (χ1v) is 9.40. The molecule has 0 spiro atoms. The number of nitrogens with zero attached hydrogens (tertiary/aromatic N) is 1. The lowest BCUT2D eigenvalue weighted by Crippen LogP contribution is -2.30. The molecule has 3 rings (SSSR count). The van der Waals surface area contributed by atoms with Crippen LogP contribution in [-0.4, -0.2) is 19.0 Å². The van der Waals surface area contributed by atoms with Crippen LogP contribution in [0.15, 0.2) is 48.5 Å². The quantitative estimate of drug-likeness (QED) is 0.845. The molecule has 1 fully saturated rings. The van der Waals surface area contributed by atoms with E-state index in [1.165, 1.54) is 30.5 Å². The number of piperidine rings is 1. The Morgan fingerprint density at radius 2 is 1.64 bits per heavy atom. The molecule has 1 saturated heterocycles. The highest BCUT2D eigenvalue weighted by Crippen LogP contribution is 2.21. The van der Waals surface area contributed by atoms with Crippen LogP contribution in [0.5, 0.6) is 0 Å². The minimum Gasteiger partial charge on any atom is -0.372 e. The van der Waals surface area contributed by atoms with Crippen LogP contribution in [0.1, 0.15) is 60.1 Å². The van der Waals surface area contributed by atoms with Crippen LogP contribution in [0.25, 0.3) is 0 Å². The molecule has 0 saturated carbocycles. The van der Waals surface area contributed by atoms with Crippen molar-refractivity contribution >= 4 is 11.6 Å². The summed E-state index contributed by atoms with van der Waals surface area (Å²) >= 11 is 0. The molecular weight excluding hydrogens is 308 g/mol. The Kier molecular flexibility index (Phi) is 5.75. The molecule has 2 aromatic carbocycles. The highest BCUT2D eigenvalue weighted by molar-refractivity contribution is 5.94. The second kappa shape index (κ2) is 8.19.